The van der Waals surface area contributed by atoms with Crippen molar-refractivity contribution in [1.82, 2.24) is 4.98 Å². The maximum absolute atomic E-state index is 10.9. The molecule has 7 heteroatoms. The second-order valence-electron chi connectivity index (χ2n) is 4.19. The Labute approximate surface area is 120 Å². The smallest absolute Gasteiger partial charge is 0.311 e. The molecule has 0 aliphatic carbocycles. The van der Waals surface area contributed by atoms with Crippen LogP contribution in [0.4, 0.5) is 5.69 Å². The molecule has 20 heavy (non-hydrogen) atoms. The molecule has 2 rings (SSSR count). The van der Waals surface area contributed by atoms with Gasteiger partial charge in [-0.1, -0.05) is 11.6 Å². The van der Waals surface area contributed by atoms with E-state index in [9.17, 15) is 10.1 Å². The SMILES string of the molecule is C[C@H](N)c1ccnc(Oc2cc(Cl)ccc2[N+](=O)[O-])c1. The van der Waals surface area contributed by atoms with Gasteiger partial charge in [0.15, 0.2) is 0 Å². The summed E-state index contributed by atoms with van der Waals surface area (Å²) < 4.78 is 5.45. The normalized spacial score (nSPS) is 11.9. The van der Waals surface area contributed by atoms with Crippen molar-refractivity contribution in [3.8, 4) is 11.6 Å². The molecule has 0 amide bonds. The lowest BCUT2D eigenvalue weighted by Crippen LogP contribution is -2.05. The lowest BCUT2D eigenvalue weighted by Gasteiger charge is -2.09. The number of aromatic nitrogens is 1. The van der Waals surface area contributed by atoms with Crippen LogP contribution >= 0.6 is 11.6 Å². The molecule has 0 unspecified atom stereocenters. The van der Waals surface area contributed by atoms with Crippen LogP contribution in [-0.4, -0.2) is 9.91 Å². The highest BCUT2D eigenvalue weighted by Crippen LogP contribution is 2.33. The van der Waals surface area contributed by atoms with Crippen LogP contribution in [0.25, 0.3) is 0 Å². The second-order valence-corrected chi connectivity index (χ2v) is 4.62. The van der Waals surface area contributed by atoms with Crippen molar-refractivity contribution >= 4 is 17.3 Å². The van der Waals surface area contributed by atoms with Crippen LogP contribution in [0.2, 0.25) is 5.02 Å². The summed E-state index contributed by atoms with van der Waals surface area (Å²) in [5.74, 6) is 0.266. The number of pyridine rings is 1. The molecule has 0 bridgehead atoms. The van der Waals surface area contributed by atoms with E-state index < -0.39 is 4.92 Å². The zero-order valence-electron chi connectivity index (χ0n) is 10.6. The highest BCUT2D eigenvalue weighted by Gasteiger charge is 2.17. The van der Waals surface area contributed by atoms with Crippen LogP contribution < -0.4 is 10.5 Å². The fourth-order valence-electron chi connectivity index (χ4n) is 1.60. The molecule has 2 N–H and O–H groups in total. The average Bonchev–Trinajstić information content (AvgIpc) is 2.38. The van der Waals surface area contributed by atoms with Crippen molar-refractivity contribution < 1.29 is 9.66 Å². The highest BCUT2D eigenvalue weighted by atomic mass is 35.5. The maximum atomic E-state index is 10.9. The molecule has 0 saturated carbocycles. The molecule has 0 fully saturated rings. The first-order valence-electron chi connectivity index (χ1n) is 5.80. The molecule has 0 spiro atoms. The summed E-state index contributed by atoms with van der Waals surface area (Å²) in [5, 5.41) is 11.3. The Kier molecular flexibility index (Phi) is 4.16. The summed E-state index contributed by atoms with van der Waals surface area (Å²) in [4.78, 5) is 14.4. The van der Waals surface area contributed by atoms with Crippen LogP contribution in [-0.2, 0) is 0 Å². The predicted molar refractivity (Wildman–Crippen MR) is 75.0 cm³/mol. The van der Waals surface area contributed by atoms with E-state index in [1.54, 1.807) is 12.1 Å². The predicted octanol–water partition coefficient (Wildman–Crippen LogP) is 3.46. The van der Waals surface area contributed by atoms with Gasteiger partial charge in [-0.05, 0) is 24.6 Å². The summed E-state index contributed by atoms with van der Waals surface area (Å²) in [6.45, 7) is 1.82. The maximum Gasteiger partial charge on any atom is 0.311 e. The first-order valence-corrected chi connectivity index (χ1v) is 6.18. The van der Waals surface area contributed by atoms with Gasteiger partial charge in [-0.3, -0.25) is 10.1 Å². The summed E-state index contributed by atoms with van der Waals surface area (Å²) in [6, 6.07) is 7.29. The van der Waals surface area contributed by atoms with Gasteiger partial charge in [0, 0.05) is 35.5 Å². The van der Waals surface area contributed by atoms with Gasteiger partial charge in [-0.15, -0.1) is 0 Å². The van der Waals surface area contributed by atoms with Crippen molar-refractivity contribution in [1.29, 1.82) is 0 Å². The van der Waals surface area contributed by atoms with Crippen LogP contribution in [0.15, 0.2) is 36.5 Å². The van der Waals surface area contributed by atoms with Gasteiger partial charge in [-0.2, -0.15) is 0 Å². The number of nitrogens with zero attached hydrogens (tertiary/aromatic N) is 2. The first-order chi connectivity index (χ1) is 9.47. The molecule has 104 valence electrons. The van der Waals surface area contributed by atoms with Gasteiger partial charge < -0.3 is 10.5 Å². The zero-order valence-corrected chi connectivity index (χ0v) is 11.4. The van der Waals surface area contributed by atoms with E-state index in [-0.39, 0.29) is 23.4 Å². The van der Waals surface area contributed by atoms with E-state index in [0.29, 0.717) is 5.02 Å². The summed E-state index contributed by atoms with van der Waals surface area (Å²) in [5.41, 5.74) is 6.41. The molecule has 1 heterocycles. The van der Waals surface area contributed by atoms with Gasteiger partial charge in [0.25, 0.3) is 0 Å². The number of rotatable bonds is 4. The van der Waals surface area contributed by atoms with Crippen LogP contribution in [0.1, 0.15) is 18.5 Å². The third-order valence-electron chi connectivity index (χ3n) is 2.62. The van der Waals surface area contributed by atoms with Gasteiger partial charge in [0.1, 0.15) is 0 Å². The average molecular weight is 294 g/mol. The Hall–Kier alpha value is -2.18. The summed E-state index contributed by atoms with van der Waals surface area (Å²) in [7, 11) is 0. The van der Waals surface area contributed by atoms with Crippen molar-refractivity contribution in [2.45, 2.75) is 13.0 Å². The molecule has 1 atom stereocenters. The minimum absolute atomic E-state index is 0.0387. The summed E-state index contributed by atoms with van der Waals surface area (Å²) in [6.07, 6.45) is 1.53. The minimum atomic E-state index is -0.541. The van der Waals surface area contributed by atoms with E-state index in [1.807, 2.05) is 6.92 Å². The molecule has 1 aromatic carbocycles. The van der Waals surface area contributed by atoms with Crippen molar-refractivity contribution in [3.63, 3.8) is 0 Å². The third kappa shape index (κ3) is 3.23. The quantitative estimate of drug-likeness (QED) is 0.688. The van der Waals surface area contributed by atoms with Crippen molar-refractivity contribution in [3.05, 3.63) is 57.2 Å². The van der Waals surface area contributed by atoms with E-state index in [2.05, 4.69) is 4.98 Å². The molecule has 0 saturated heterocycles. The number of nitro groups is 1. The Bertz CT molecular complexity index is 647. The van der Waals surface area contributed by atoms with Crippen LogP contribution in [0, 0.1) is 10.1 Å². The van der Waals surface area contributed by atoms with Crippen LogP contribution in [0.5, 0.6) is 11.6 Å². The first kappa shape index (κ1) is 14.2. The Morgan fingerprint density at radius 1 is 1.40 bits per heavy atom. The number of nitrogens with two attached hydrogens (primary N) is 1. The molecule has 2 aromatic rings. The van der Waals surface area contributed by atoms with Gasteiger partial charge in [0.2, 0.25) is 11.6 Å². The molecular weight excluding hydrogens is 282 g/mol. The van der Waals surface area contributed by atoms with Gasteiger partial charge in [0.05, 0.1) is 4.92 Å². The van der Waals surface area contributed by atoms with E-state index >= 15 is 0 Å². The lowest BCUT2D eigenvalue weighted by molar-refractivity contribution is -0.385. The van der Waals surface area contributed by atoms with E-state index in [0.717, 1.165) is 5.56 Å². The number of benzene rings is 1. The minimum Gasteiger partial charge on any atom is -0.432 e. The fourth-order valence-corrected chi connectivity index (χ4v) is 1.76. The number of ether oxygens (including phenoxy) is 1. The second kappa shape index (κ2) is 5.85. The largest absolute Gasteiger partial charge is 0.432 e. The molecule has 0 radical (unpaired) electrons. The molecule has 6 nitrogen and oxygen atoms in total. The zero-order chi connectivity index (χ0) is 14.7. The highest BCUT2D eigenvalue weighted by molar-refractivity contribution is 6.30. The van der Waals surface area contributed by atoms with E-state index in [4.69, 9.17) is 22.1 Å². The lowest BCUT2D eigenvalue weighted by atomic mass is 10.1. The topological polar surface area (TPSA) is 91.3 Å². The molecule has 1 aromatic heterocycles. The third-order valence-corrected chi connectivity index (χ3v) is 2.85. The Morgan fingerprint density at radius 2 is 2.15 bits per heavy atom. The summed E-state index contributed by atoms with van der Waals surface area (Å²) >= 11 is 5.83. The number of hydrogen-bond donors (Lipinski definition) is 1. The van der Waals surface area contributed by atoms with Crippen LogP contribution in [0.3, 0.4) is 0 Å². The standard InChI is InChI=1S/C13H12ClN3O3/c1-8(15)9-4-5-16-13(6-9)20-12-7-10(14)2-3-11(12)17(18)19/h2-8H,15H2,1H3/t8-/m0/s1. The number of nitro benzene ring substituents is 1. The molecular formula is C13H12ClN3O3. The van der Waals surface area contributed by atoms with Crippen molar-refractivity contribution in [2.75, 3.05) is 0 Å². The fraction of sp³-hybridized carbons (Fsp3) is 0.154. The van der Waals surface area contributed by atoms with Crippen molar-refractivity contribution in [2.24, 2.45) is 5.73 Å². The number of hydrogen-bond acceptors (Lipinski definition) is 5. The Balaban J connectivity index is 2.36. The van der Waals surface area contributed by atoms with Gasteiger partial charge >= 0.3 is 5.69 Å². The molecule has 0 aliphatic rings. The van der Waals surface area contributed by atoms with Gasteiger partial charge in [-0.25, -0.2) is 4.98 Å². The monoisotopic (exact) mass is 293 g/mol. The molecule has 0 aliphatic heterocycles. The van der Waals surface area contributed by atoms with E-state index in [1.165, 1.54) is 24.4 Å². The Morgan fingerprint density at radius 3 is 2.80 bits per heavy atom. The number of halogens is 1.